The van der Waals surface area contributed by atoms with Gasteiger partial charge < -0.3 is 19.2 Å². The molecule has 0 atom stereocenters. The molecular weight excluding hydrogens is 390 g/mol. The summed E-state index contributed by atoms with van der Waals surface area (Å²) < 4.78 is 16.9. The van der Waals surface area contributed by atoms with Gasteiger partial charge in [0.25, 0.3) is 5.91 Å². The van der Waals surface area contributed by atoms with Crippen molar-refractivity contribution in [1.29, 1.82) is 0 Å². The fourth-order valence-electron chi connectivity index (χ4n) is 3.23. The Balaban J connectivity index is 1.57. The molecule has 0 aliphatic carbocycles. The van der Waals surface area contributed by atoms with E-state index < -0.39 is 0 Å². The summed E-state index contributed by atoms with van der Waals surface area (Å²) in [4.78, 5) is 26.4. The maximum atomic E-state index is 13.3. The smallest absolute Gasteiger partial charge is 0.265 e. The van der Waals surface area contributed by atoms with Crippen molar-refractivity contribution in [2.45, 2.75) is 0 Å². The number of rotatable bonds is 4. The van der Waals surface area contributed by atoms with Crippen LogP contribution in [0.4, 0.5) is 5.69 Å². The van der Waals surface area contributed by atoms with Crippen molar-refractivity contribution < 1.29 is 23.5 Å². The van der Waals surface area contributed by atoms with Crippen molar-refractivity contribution in [2.75, 3.05) is 18.5 Å². The van der Waals surface area contributed by atoms with Crippen molar-refractivity contribution in [1.82, 2.24) is 0 Å². The molecule has 2 aromatic heterocycles. The Morgan fingerprint density at radius 2 is 1.76 bits per heavy atom. The van der Waals surface area contributed by atoms with Gasteiger partial charge in [-0.3, -0.25) is 9.59 Å². The van der Waals surface area contributed by atoms with E-state index in [4.69, 9.17) is 13.9 Å². The van der Waals surface area contributed by atoms with E-state index in [1.807, 2.05) is 23.6 Å². The Hall–Kier alpha value is -3.58. The predicted molar refractivity (Wildman–Crippen MR) is 109 cm³/mol. The molecule has 6 nitrogen and oxygen atoms in total. The molecule has 0 spiro atoms. The normalized spacial score (nSPS) is 12.7. The van der Waals surface area contributed by atoms with Crippen LogP contribution in [0.25, 0.3) is 11.0 Å². The Kier molecular flexibility index (Phi) is 4.29. The van der Waals surface area contributed by atoms with Gasteiger partial charge in [-0.1, -0.05) is 18.2 Å². The van der Waals surface area contributed by atoms with Crippen LogP contribution in [0.3, 0.4) is 0 Å². The van der Waals surface area contributed by atoms with Crippen LogP contribution in [0.15, 0.2) is 64.4 Å². The molecule has 7 heteroatoms. The van der Waals surface area contributed by atoms with Crippen LogP contribution in [0.5, 0.6) is 11.5 Å². The standard InChI is InChI=1S/C22H15NO5S/c24-20(13-7-8-16-17(12-13)27-10-9-26-16)21-19(14-4-1-2-5-15(14)28-21)23-22(25)18-6-3-11-29-18/h1-8,11-12H,9-10H2,(H,23,25). The molecule has 1 amide bonds. The molecule has 2 aromatic carbocycles. The number of benzene rings is 2. The van der Waals surface area contributed by atoms with Crippen molar-refractivity contribution in [3.05, 3.63) is 76.2 Å². The summed E-state index contributed by atoms with van der Waals surface area (Å²) in [6, 6.07) is 15.7. The van der Waals surface area contributed by atoms with Crippen molar-refractivity contribution >= 4 is 39.7 Å². The zero-order chi connectivity index (χ0) is 19.8. The number of carbonyl (C=O) groups excluding carboxylic acids is 2. The molecule has 0 radical (unpaired) electrons. The minimum Gasteiger partial charge on any atom is -0.486 e. The number of para-hydroxylation sites is 1. The van der Waals surface area contributed by atoms with Gasteiger partial charge in [0.15, 0.2) is 17.3 Å². The molecule has 29 heavy (non-hydrogen) atoms. The third kappa shape index (κ3) is 3.15. The van der Waals surface area contributed by atoms with E-state index >= 15 is 0 Å². The van der Waals surface area contributed by atoms with Crippen LogP contribution in [-0.2, 0) is 0 Å². The summed E-state index contributed by atoms with van der Waals surface area (Å²) in [7, 11) is 0. The van der Waals surface area contributed by atoms with Crippen LogP contribution in [0.1, 0.15) is 25.8 Å². The monoisotopic (exact) mass is 405 g/mol. The Morgan fingerprint density at radius 1 is 0.931 bits per heavy atom. The Bertz CT molecular complexity index is 1230. The van der Waals surface area contributed by atoms with Gasteiger partial charge in [-0.25, -0.2) is 0 Å². The number of fused-ring (bicyclic) bond motifs is 2. The molecule has 0 saturated heterocycles. The summed E-state index contributed by atoms with van der Waals surface area (Å²) in [5, 5.41) is 5.34. The van der Waals surface area contributed by atoms with E-state index in [-0.39, 0.29) is 17.5 Å². The first-order valence-corrected chi connectivity index (χ1v) is 9.89. The van der Waals surface area contributed by atoms with Crippen molar-refractivity contribution in [2.24, 2.45) is 0 Å². The summed E-state index contributed by atoms with van der Waals surface area (Å²) in [5.74, 6) is 0.557. The Labute approximate surface area is 169 Å². The summed E-state index contributed by atoms with van der Waals surface area (Å²) in [6.07, 6.45) is 0. The quantitative estimate of drug-likeness (QED) is 0.496. The highest BCUT2D eigenvalue weighted by atomic mass is 32.1. The summed E-state index contributed by atoms with van der Waals surface area (Å²) >= 11 is 1.33. The second-order valence-electron chi connectivity index (χ2n) is 6.42. The minimum atomic E-state index is -0.348. The number of ketones is 1. The zero-order valence-electron chi connectivity index (χ0n) is 15.1. The lowest BCUT2D eigenvalue weighted by molar-refractivity contribution is 0.101. The lowest BCUT2D eigenvalue weighted by Crippen LogP contribution is -2.16. The van der Waals surface area contributed by atoms with Gasteiger partial charge in [0, 0.05) is 10.9 Å². The van der Waals surface area contributed by atoms with Crippen molar-refractivity contribution in [3.63, 3.8) is 0 Å². The van der Waals surface area contributed by atoms with Crippen LogP contribution >= 0.6 is 11.3 Å². The van der Waals surface area contributed by atoms with Crippen LogP contribution < -0.4 is 14.8 Å². The molecule has 0 fully saturated rings. The SMILES string of the molecule is O=C(Nc1c(C(=O)c2ccc3c(c2)OCCO3)oc2ccccc12)c1cccs1. The van der Waals surface area contributed by atoms with Gasteiger partial charge in [-0.15, -0.1) is 11.3 Å². The molecular formula is C22H15NO5S. The fourth-order valence-corrected chi connectivity index (χ4v) is 3.85. The van der Waals surface area contributed by atoms with Gasteiger partial charge in [0.05, 0.1) is 10.6 Å². The number of carbonyl (C=O) groups is 2. The number of ether oxygens (including phenoxy) is 2. The number of thiophene rings is 1. The van der Waals surface area contributed by atoms with Crippen LogP contribution in [-0.4, -0.2) is 24.9 Å². The molecule has 0 bridgehead atoms. The van der Waals surface area contributed by atoms with E-state index in [9.17, 15) is 9.59 Å². The van der Waals surface area contributed by atoms with Crippen LogP contribution in [0, 0.1) is 0 Å². The molecule has 1 N–H and O–H groups in total. The van der Waals surface area contributed by atoms with E-state index in [0.29, 0.717) is 51.8 Å². The van der Waals surface area contributed by atoms with E-state index in [2.05, 4.69) is 5.32 Å². The van der Waals surface area contributed by atoms with E-state index in [1.165, 1.54) is 11.3 Å². The lowest BCUT2D eigenvalue weighted by atomic mass is 10.1. The number of amides is 1. The lowest BCUT2D eigenvalue weighted by Gasteiger charge is -2.18. The molecule has 0 saturated carbocycles. The average Bonchev–Trinajstić information content (AvgIpc) is 3.42. The first-order valence-electron chi connectivity index (χ1n) is 9.01. The zero-order valence-corrected chi connectivity index (χ0v) is 16.0. The van der Waals surface area contributed by atoms with Gasteiger partial charge in [0.1, 0.15) is 18.8 Å². The second kappa shape index (κ2) is 7.10. The van der Waals surface area contributed by atoms with Crippen molar-refractivity contribution in [3.8, 4) is 11.5 Å². The van der Waals surface area contributed by atoms with Gasteiger partial charge in [0.2, 0.25) is 5.78 Å². The molecule has 5 rings (SSSR count). The Morgan fingerprint density at radius 3 is 2.59 bits per heavy atom. The third-order valence-corrected chi connectivity index (χ3v) is 5.46. The highest BCUT2D eigenvalue weighted by Crippen LogP contribution is 2.35. The highest BCUT2D eigenvalue weighted by Gasteiger charge is 2.25. The average molecular weight is 405 g/mol. The first kappa shape index (κ1) is 17.5. The largest absolute Gasteiger partial charge is 0.486 e. The fraction of sp³-hybridized carbons (Fsp3) is 0.0909. The summed E-state index contributed by atoms with van der Waals surface area (Å²) in [5.41, 5.74) is 1.27. The van der Waals surface area contributed by atoms with Gasteiger partial charge >= 0.3 is 0 Å². The first-order chi connectivity index (χ1) is 14.2. The second-order valence-corrected chi connectivity index (χ2v) is 7.37. The van der Waals surface area contributed by atoms with Crippen LogP contribution in [0.2, 0.25) is 0 Å². The number of nitrogens with one attached hydrogen (secondary N) is 1. The number of hydrogen-bond acceptors (Lipinski definition) is 6. The molecule has 1 aliphatic heterocycles. The van der Waals surface area contributed by atoms with E-state index in [0.717, 1.165) is 0 Å². The minimum absolute atomic E-state index is 0.0767. The van der Waals surface area contributed by atoms with Gasteiger partial charge in [-0.05, 0) is 41.8 Å². The summed E-state index contributed by atoms with van der Waals surface area (Å²) in [6.45, 7) is 0.903. The van der Waals surface area contributed by atoms with E-state index in [1.54, 1.807) is 36.4 Å². The number of anilines is 1. The highest BCUT2D eigenvalue weighted by molar-refractivity contribution is 7.12. The maximum absolute atomic E-state index is 13.3. The molecule has 4 aromatic rings. The predicted octanol–water partition coefficient (Wildman–Crippen LogP) is 4.75. The number of hydrogen-bond donors (Lipinski definition) is 1. The number of furan rings is 1. The third-order valence-electron chi connectivity index (χ3n) is 4.59. The molecule has 144 valence electrons. The molecule has 3 heterocycles. The topological polar surface area (TPSA) is 77.8 Å². The molecule has 0 unspecified atom stereocenters. The maximum Gasteiger partial charge on any atom is 0.265 e. The molecule has 1 aliphatic rings. The van der Waals surface area contributed by atoms with Gasteiger partial charge in [-0.2, -0.15) is 0 Å².